The van der Waals surface area contributed by atoms with Crippen LogP contribution in [0.1, 0.15) is 42.9 Å². The maximum absolute atomic E-state index is 12.6. The van der Waals surface area contributed by atoms with Gasteiger partial charge in [-0.15, -0.1) is 0 Å². The lowest BCUT2D eigenvalue weighted by molar-refractivity contribution is -0.142. The van der Waals surface area contributed by atoms with Crippen molar-refractivity contribution in [3.05, 3.63) is 28.8 Å². The molecule has 2 unspecified atom stereocenters. The van der Waals surface area contributed by atoms with Crippen LogP contribution in [0.4, 0.5) is 0 Å². The molecule has 0 fully saturated rings. The van der Waals surface area contributed by atoms with Crippen molar-refractivity contribution < 1.29 is 19.8 Å². The summed E-state index contributed by atoms with van der Waals surface area (Å²) in [5.74, 6) is -1.12. The number of carboxylic acid groups (broad SMARTS) is 1. The van der Waals surface area contributed by atoms with E-state index in [1.807, 2.05) is 20.8 Å². The lowest BCUT2D eigenvalue weighted by Crippen LogP contribution is -2.45. The molecule has 28 heavy (non-hydrogen) atoms. The van der Waals surface area contributed by atoms with Crippen molar-refractivity contribution in [1.29, 1.82) is 0 Å². The number of aromatic hydroxyl groups is 1. The number of hydrogen-bond acceptors (Lipinski definition) is 4. The number of aliphatic imine (C=N–C) groups is 1. The van der Waals surface area contributed by atoms with Gasteiger partial charge in [-0.25, -0.2) is 4.79 Å². The minimum atomic E-state index is -1.08. The monoisotopic (exact) mass is 392 g/mol. The zero-order valence-electron chi connectivity index (χ0n) is 17.1. The van der Waals surface area contributed by atoms with Gasteiger partial charge < -0.3 is 26.6 Å². The molecule has 0 spiro atoms. The molecule has 6 N–H and O–H groups in total. The molecular weight excluding hydrogens is 360 g/mol. The molecule has 0 aliphatic heterocycles. The highest BCUT2D eigenvalue weighted by Gasteiger charge is 2.25. The van der Waals surface area contributed by atoms with E-state index in [0.29, 0.717) is 25.3 Å². The number of benzene rings is 1. The van der Waals surface area contributed by atoms with Crippen molar-refractivity contribution in [3.63, 3.8) is 0 Å². The lowest BCUT2D eigenvalue weighted by atomic mass is 9.94. The van der Waals surface area contributed by atoms with Crippen molar-refractivity contribution >= 4 is 17.8 Å². The van der Waals surface area contributed by atoms with E-state index in [4.69, 9.17) is 5.73 Å². The second kappa shape index (κ2) is 11.2. The predicted molar refractivity (Wildman–Crippen MR) is 109 cm³/mol. The van der Waals surface area contributed by atoms with Crippen molar-refractivity contribution in [2.24, 2.45) is 16.6 Å². The number of aliphatic carboxylic acids is 1. The number of carboxylic acids is 1. The van der Waals surface area contributed by atoms with Crippen molar-refractivity contribution in [2.75, 3.05) is 13.6 Å². The average Bonchev–Trinajstić information content (AvgIpc) is 2.62. The fourth-order valence-corrected chi connectivity index (χ4v) is 3.15. The first-order chi connectivity index (χ1) is 13.2. The summed E-state index contributed by atoms with van der Waals surface area (Å²) in [4.78, 5) is 28.1. The van der Waals surface area contributed by atoms with E-state index in [-0.39, 0.29) is 24.0 Å². The molecule has 156 valence electrons. The van der Waals surface area contributed by atoms with Crippen molar-refractivity contribution in [1.82, 2.24) is 10.6 Å². The maximum atomic E-state index is 12.6. The second-order valence-electron chi connectivity index (χ2n) is 6.94. The van der Waals surface area contributed by atoms with E-state index in [0.717, 1.165) is 23.1 Å². The largest absolute Gasteiger partial charge is 0.508 e. The van der Waals surface area contributed by atoms with Gasteiger partial charge in [0.25, 0.3) is 0 Å². The summed E-state index contributed by atoms with van der Waals surface area (Å²) >= 11 is 0. The third-order valence-electron chi connectivity index (χ3n) is 4.84. The number of carbonyl (C=O) groups excluding carboxylic acids is 1. The summed E-state index contributed by atoms with van der Waals surface area (Å²) in [6, 6.07) is 2.16. The van der Waals surface area contributed by atoms with E-state index < -0.39 is 12.0 Å². The predicted octanol–water partition coefficient (Wildman–Crippen LogP) is 1.46. The Bertz CT molecular complexity index is 695. The van der Waals surface area contributed by atoms with Crippen molar-refractivity contribution in [2.45, 2.75) is 52.5 Å². The number of aryl methyl sites for hydroxylation is 2. The number of nitrogens with one attached hydrogen (secondary N) is 2. The maximum Gasteiger partial charge on any atom is 0.326 e. The van der Waals surface area contributed by atoms with Gasteiger partial charge in [-0.2, -0.15) is 0 Å². The molecule has 1 rings (SSSR count). The molecular formula is C20H32N4O4. The molecule has 0 radical (unpaired) electrons. The SMILES string of the molecule is CCC(CCCNC(N)=NC)C(=O)NC(Cc1c(C)cc(O)cc1C)C(=O)O. The topological polar surface area (TPSA) is 137 Å². The van der Waals surface area contributed by atoms with Gasteiger partial charge >= 0.3 is 5.97 Å². The Balaban J connectivity index is 2.74. The molecule has 0 aliphatic rings. The lowest BCUT2D eigenvalue weighted by Gasteiger charge is -2.21. The number of phenols is 1. The van der Waals surface area contributed by atoms with Crippen LogP contribution in [-0.4, -0.2) is 47.7 Å². The van der Waals surface area contributed by atoms with Gasteiger partial charge in [0, 0.05) is 25.9 Å². The highest BCUT2D eigenvalue weighted by molar-refractivity contribution is 5.85. The fraction of sp³-hybridized carbons (Fsp3) is 0.550. The van der Waals surface area contributed by atoms with E-state index in [9.17, 15) is 19.8 Å². The van der Waals surface area contributed by atoms with Gasteiger partial charge in [0.05, 0.1) is 0 Å². The zero-order valence-corrected chi connectivity index (χ0v) is 17.1. The first kappa shape index (κ1) is 23.3. The standard InChI is InChI=1S/C20H32N4O4/c1-5-14(7-6-8-23-20(21)22-4)18(26)24-17(19(27)28)11-16-12(2)9-15(25)10-13(16)3/h9-10,14,17,25H,5-8,11H2,1-4H3,(H,24,26)(H,27,28)(H3,21,22,23). The Kier molecular flexibility index (Phi) is 9.27. The molecule has 0 saturated heterocycles. The smallest absolute Gasteiger partial charge is 0.326 e. The van der Waals surface area contributed by atoms with Crippen LogP contribution in [0.5, 0.6) is 5.75 Å². The van der Waals surface area contributed by atoms with Crippen LogP contribution in [0.2, 0.25) is 0 Å². The first-order valence-corrected chi connectivity index (χ1v) is 9.47. The molecule has 1 aromatic rings. The Morgan fingerprint density at radius 3 is 2.36 bits per heavy atom. The first-order valence-electron chi connectivity index (χ1n) is 9.47. The summed E-state index contributed by atoms with van der Waals surface area (Å²) in [5.41, 5.74) is 7.98. The van der Waals surface area contributed by atoms with Crippen LogP contribution in [0.3, 0.4) is 0 Å². The Morgan fingerprint density at radius 2 is 1.86 bits per heavy atom. The molecule has 1 amide bonds. The van der Waals surface area contributed by atoms with Crippen LogP contribution in [0.25, 0.3) is 0 Å². The highest BCUT2D eigenvalue weighted by Crippen LogP contribution is 2.22. The molecule has 0 bridgehead atoms. The third kappa shape index (κ3) is 7.09. The second-order valence-corrected chi connectivity index (χ2v) is 6.94. The normalized spacial score (nSPS) is 13.6. The number of carbonyl (C=O) groups is 2. The number of nitrogens with zero attached hydrogens (tertiary/aromatic N) is 1. The number of amides is 1. The molecule has 0 heterocycles. The number of phenolic OH excluding ortho intramolecular Hbond substituents is 1. The van der Waals surface area contributed by atoms with Gasteiger partial charge in [0.15, 0.2) is 5.96 Å². The number of guanidine groups is 1. The summed E-state index contributed by atoms with van der Waals surface area (Å²) in [6.07, 6.45) is 2.12. The Morgan fingerprint density at radius 1 is 1.25 bits per heavy atom. The zero-order chi connectivity index (χ0) is 21.3. The third-order valence-corrected chi connectivity index (χ3v) is 4.84. The summed E-state index contributed by atoms with van der Waals surface area (Å²) in [6.45, 7) is 6.14. The minimum Gasteiger partial charge on any atom is -0.508 e. The quantitative estimate of drug-likeness (QED) is 0.232. The average molecular weight is 393 g/mol. The Labute approximate surface area is 166 Å². The van der Waals surface area contributed by atoms with Gasteiger partial charge in [-0.05, 0) is 61.9 Å². The molecule has 0 saturated carbocycles. The number of rotatable bonds is 10. The van der Waals surface area contributed by atoms with E-state index in [1.165, 1.54) is 0 Å². The summed E-state index contributed by atoms with van der Waals surface area (Å²) in [5, 5.41) is 24.9. The molecule has 0 aliphatic carbocycles. The number of hydrogen-bond donors (Lipinski definition) is 5. The minimum absolute atomic E-state index is 0.142. The molecule has 8 nitrogen and oxygen atoms in total. The molecule has 8 heteroatoms. The van der Waals surface area contributed by atoms with Crippen molar-refractivity contribution in [3.8, 4) is 5.75 Å². The van der Waals surface area contributed by atoms with Crippen LogP contribution >= 0.6 is 0 Å². The summed E-state index contributed by atoms with van der Waals surface area (Å²) < 4.78 is 0. The van der Waals surface area contributed by atoms with Crippen LogP contribution < -0.4 is 16.4 Å². The summed E-state index contributed by atoms with van der Waals surface area (Å²) in [7, 11) is 1.59. The highest BCUT2D eigenvalue weighted by atomic mass is 16.4. The van der Waals surface area contributed by atoms with E-state index >= 15 is 0 Å². The van der Waals surface area contributed by atoms with Gasteiger partial charge in [0.1, 0.15) is 11.8 Å². The Hall–Kier alpha value is -2.77. The van der Waals surface area contributed by atoms with Gasteiger partial charge in [0.2, 0.25) is 5.91 Å². The van der Waals surface area contributed by atoms with Crippen LogP contribution in [0.15, 0.2) is 17.1 Å². The van der Waals surface area contributed by atoms with Crippen LogP contribution in [-0.2, 0) is 16.0 Å². The molecule has 0 aromatic heterocycles. The van der Waals surface area contributed by atoms with E-state index in [1.54, 1.807) is 19.2 Å². The molecule has 2 atom stereocenters. The fourth-order valence-electron chi connectivity index (χ4n) is 3.15. The van der Waals surface area contributed by atoms with Gasteiger partial charge in [-0.1, -0.05) is 6.92 Å². The number of nitrogens with two attached hydrogens (primary N) is 1. The van der Waals surface area contributed by atoms with E-state index in [2.05, 4.69) is 15.6 Å². The van der Waals surface area contributed by atoms with Crippen LogP contribution in [0, 0.1) is 19.8 Å². The van der Waals surface area contributed by atoms with Gasteiger partial charge in [-0.3, -0.25) is 9.79 Å². The molecule has 1 aromatic carbocycles.